The van der Waals surface area contributed by atoms with Crippen molar-refractivity contribution in [2.45, 2.75) is 44.9 Å². The van der Waals surface area contributed by atoms with Crippen molar-refractivity contribution in [2.24, 2.45) is 5.10 Å². The van der Waals surface area contributed by atoms with E-state index in [1.807, 2.05) is 42.5 Å². The molecule has 3 aromatic carbocycles. The lowest BCUT2D eigenvalue weighted by molar-refractivity contribution is -0.0197. The van der Waals surface area contributed by atoms with Gasteiger partial charge in [-0.2, -0.15) is 5.10 Å². The van der Waals surface area contributed by atoms with Crippen LogP contribution >= 0.6 is 43.5 Å². The van der Waals surface area contributed by atoms with Crippen LogP contribution in [0.15, 0.2) is 74.7 Å². The van der Waals surface area contributed by atoms with E-state index in [-0.39, 0.29) is 12.3 Å². The van der Waals surface area contributed by atoms with E-state index in [1.54, 1.807) is 0 Å². The molecule has 0 spiro atoms. The molecule has 34 heavy (non-hydrogen) atoms. The van der Waals surface area contributed by atoms with Crippen molar-refractivity contribution in [1.82, 2.24) is 5.01 Å². The van der Waals surface area contributed by atoms with E-state index in [0.717, 1.165) is 67.3 Å². The quantitative estimate of drug-likeness (QED) is 0.253. The highest BCUT2D eigenvalue weighted by Gasteiger charge is 2.42. The number of hydrogen-bond donors (Lipinski definition) is 0. The monoisotopic (exact) mass is 602 g/mol. The molecule has 2 aliphatic heterocycles. The second kappa shape index (κ2) is 10.3. The van der Waals surface area contributed by atoms with E-state index < -0.39 is 0 Å². The van der Waals surface area contributed by atoms with Gasteiger partial charge < -0.3 is 9.47 Å². The van der Waals surface area contributed by atoms with E-state index in [4.69, 9.17) is 26.2 Å². The number of benzene rings is 3. The Balaban J connectivity index is 1.47. The Labute approximate surface area is 222 Å². The summed E-state index contributed by atoms with van der Waals surface area (Å²) in [6, 6.07) is 20.3. The minimum Gasteiger partial charge on any atom is -0.494 e. The molecule has 0 saturated heterocycles. The molecule has 4 nitrogen and oxygen atoms in total. The molecule has 2 aliphatic rings. The van der Waals surface area contributed by atoms with Crippen molar-refractivity contribution in [2.75, 3.05) is 6.61 Å². The molecule has 0 bridgehead atoms. The van der Waals surface area contributed by atoms with Gasteiger partial charge in [-0.3, -0.25) is 0 Å². The third-order valence-electron chi connectivity index (χ3n) is 6.17. The lowest BCUT2D eigenvalue weighted by atomic mass is 9.96. The number of ether oxygens (including phenoxy) is 2. The Hall–Kier alpha value is -2.02. The minimum atomic E-state index is -0.339. The van der Waals surface area contributed by atoms with Gasteiger partial charge >= 0.3 is 0 Å². The topological polar surface area (TPSA) is 34.1 Å². The van der Waals surface area contributed by atoms with Crippen LogP contribution in [0.25, 0.3) is 0 Å². The molecule has 0 radical (unpaired) electrons. The maximum Gasteiger partial charge on any atom is 0.213 e. The molecule has 0 N–H and O–H groups in total. The summed E-state index contributed by atoms with van der Waals surface area (Å²) in [6.45, 7) is 2.94. The van der Waals surface area contributed by atoms with Crippen LogP contribution in [0.2, 0.25) is 5.02 Å². The van der Waals surface area contributed by atoms with Crippen molar-refractivity contribution in [1.29, 1.82) is 0 Å². The Kier molecular flexibility index (Phi) is 7.19. The molecule has 0 amide bonds. The SMILES string of the molecule is CCCCCOc1ccc([C@H]2Oc3c(Br)cc(Br)cc3[C@@H]3CC(c4ccc(Cl)cc4)=NN23)cc1. The van der Waals surface area contributed by atoms with E-state index in [2.05, 4.69) is 62.0 Å². The number of fused-ring (bicyclic) bond motifs is 3. The van der Waals surface area contributed by atoms with E-state index >= 15 is 0 Å². The predicted molar refractivity (Wildman–Crippen MR) is 144 cm³/mol. The lowest BCUT2D eigenvalue weighted by Crippen LogP contribution is -2.33. The lowest BCUT2D eigenvalue weighted by Gasteiger charge is -2.38. The van der Waals surface area contributed by atoms with Crippen molar-refractivity contribution in [3.8, 4) is 11.5 Å². The van der Waals surface area contributed by atoms with Gasteiger partial charge in [0, 0.05) is 27.0 Å². The van der Waals surface area contributed by atoms with Crippen LogP contribution in [-0.4, -0.2) is 17.3 Å². The fourth-order valence-electron chi connectivity index (χ4n) is 4.42. The van der Waals surface area contributed by atoms with Crippen LogP contribution in [0.5, 0.6) is 11.5 Å². The van der Waals surface area contributed by atoms with Crippen molar-refractivity contribution in [3.05, 3.63) is 91.3 Å². The van der Waals surface area contributed by atoms with Gasteiger partial charge in [0.15, 0.2) is 0 Å². The summed E-state index contributed by atoms with van der Waals surface area (Å²) in [5.41, 5.74) is 4.24. The van der Waals surface area contributed by atoms with E-state index in [1.165, 1.54) is 12.8 Å². The zero-order valence-electron chi connectivity index (χ0n) is 18.8. The number of hydrazone groups is 1. The minimum absolute atomic E-state index is 0.0678. The number of unbranched alkanes of at least 4 members (excludes halogenated alkanes) is 2. The average molecular weight is 605 g/mol. The zero-order valence-corrected chi connectivity index (χ0v) is 22.7. The van der Waals surface area contributed by atoms with E-state index in [9.17, 15) is 0 Å². The van der Waals surface area contributed by atoms with Gasteiger partial charge in [-0.05, 0) is 76.4 Å². The van der Waals surface area contributed by atoms with Crippen molar-refractivity contribution in [3.63, 3.8) is 0 Å². The molecule has 0 aromatic heterocycles. The predicted octanol–water partition coefficient (Wildman–Crippen LogP) is 8.68. The Morgan fingerprint density at radius 2 is 1.82 bits per heavy atom. The van der Waals surface area contributed by atoms with Crippen LogP contribution in [0.4, 0.5) is 0 Å². The first-order valence-electron chi connectivity index (χ1n) is 11.5. The molecular formula is C27H25Br2ClN2O2. The van der Waals surface area contributed by atoms with Crippen LogP contribution in [0.3, 0.4) is 0 Å². The highest BCUT2D eigenvalue weighted by atomic mass is 79.9. The summed E-state index contributed by atoms with van der Waals surface area (Å²) in [5.74, 6) is 1.74. The van der Waals surface area contributed by atoms with Gasteiger partial charge in [0.1, 0.15) is 11.5 Å². The highest BCUT2D eigenvalue weighted by molar-refractivity contribution is 9.11. The Morgan fingerprint density at radius 3 is 2.56 bits per heavy atom. The summed E-state index contributed by atoms with van der Waals surface area (Å²) in [5, 5.41) is 7.84. The van der Waals surface area contributed by atoms with Crippen LogP contribution in [0, 0.1) is 0 Å². The first-order chi connectivity index (χ1) is 16.5. The zero-order chi connectivity index (χ0) is 23.7. The molecule has 7 heteroatoms. The molecule has 176 valence electrons. The number of hydrogen-bond acceptors (Lipinski definition) is 4. The molecular weight excluding hydrogens is 580 g/mol. The third kappa shape index (κ3) is 4.86. The van der Waals surface area contributed by atoms with Gasteiger partial charge in [-0.1, -0.05) is 59.4 Å². The Morgan fingerprint density at radius 1 is 1.06 bits per heavy atom. The number of rotatable bonds is 7. The van der Waals surface area contributed by atoms with Gasteiger partial charge in [-0.15, -0.1) is 0 Å². The fourth-order valence-corrected chi connectivity index (χ4v) is 5.90. The maximum absolute atomic E-state index is 6.56. The number of nitrogens with zero attached hydrogens (tertiary/aromatic N) is 2. The fraction of sp³-hybridized carbons (Fsp3) is 0.296. The summed E-state index contributed by atoms with van der Waals surface area (Å²) in [4.78, 5) is 0. The van der Waals surface area contributed by atoms with Crippen LogP contribution < -0.4 is 9.47 Å². The smallest absolute Gasteiger partial charge is 0.213 e. The summed E-state index contributed by atoms with van der Waals surface area (Å²) >= 11 is 13.5. The third-order valence-corrected chi connectivity index (χ3v) is 7.47. The maximum atomic E-state index is 6.56. The molecule has 5 rings (SSSR count). The second-order valence-corrected chi connectivity index (χ2v) is 10.8. The normalized spacial score (nSPS) is 18.7. The standard InChI is InChI=1S/C27H25Br2ClN2O2/c1-2-3-4-13-33-21-11-7-18(8-12-21)27-32-25(22-14-19(28)15-23(29)26(22)34-27)16-24(31-32)17-5-9-20(30)10-6-17/h5-12,14-15,25,27H,2-4,13,16H2,1H3/t25-,27+/m0/s1. The van der Waals surface area contributed by atoms with E-state index in [0.29, 0.717) is 0 Å². The summed E-state index contributed by atoms with van der Waals surface area (Å²) < 4.78 is 14.4. The van der Waals surface area contributed by atoms with Gasteiger partial charge in [0.05, 0.1) is 22.8 Å². The number of halogens is 3. The summed E-state index contributed by atoms with van der Waals surface area (Å²) in [6.07, 6.45) is 3.89. The van der Waals surface area contributed by atoms with Crippen LogP contribution in [-0.2, 0) is 0 Å². The molecule has 2 heterocycles. The van der Waals surface area contributed by atoms with Gasteiger partial charge in [-0.25, -0.2) is 5.01 Å². The Bertz CT molecular complexity index is 1200. The van der Waals surface area contributed by atoms with Crippen LogP contribution in [0.1, 0.15) is 61.6 Å². The summed E-state index contributed by atoms with van der Waals surface area (Å²) in [7, 11) is 0. The first-order valence-corrected chi connectivity index (χ1v) is 13.5. The molecule has 0 aliphatic carbocycles. The highest BCUT2D eigenvalue weighted by Crippen LogP contribution is 2.51. The van der Waals surface area contributed by atoms with Gasteiger partial charge in [0.25, 0.3) is 0 Å². The molecule has 0 fully saturated rings. The molecule has 0 unspecified atom stereocenters. The molecule has 0 saturated carbocycles. The molecule has 3 aromatic rings. The van der Waals surface area contributed by atoms with Crippen molar-refractivity contribution >= 4 is 49.2 Å². The largest absolute Gasteiger partial charge is 0.494 e. The van der Waals surface area contributed by atoms with Crippen molar-refractivity contribution < 1.29 is 9.47 Å². The second-order valence-electron chi connectivity index (χ2n) is 8.55. The average Bonchev–Trinajstić information content (AvgIpc) is 3.28. The first kappa shape index (κ1) is 23.7. The van der Waals surface area contributed by atoms with Gasteiger partial charge in [0.2, 0.25) is 6.23 Å². The molecule has 2 atom stereocenters.